The third kappa shape index (κ3) is 4.61. The van der Waals surface area contributed by atoms with Crippen molar-refractivity contribution in [2.24, 2.45) is 0 Å². The topological polar surface area (TPSA) is 54.0 Å². The molecule has 0 spiro atoms. The number of fused-ring (bicyclic) bond motifs is 1. The van der Waals surface area contributed by atoms with E-state index in [1.807, 2.05) is 45.8 Å². The van der Waals surface area contributed by atoms with E-state index in [1.165, 1.54) is 0 Å². The molecule has 0 bridgehead atoms. The van der Waals surface area contributed by atoms with E-state index < -0.39 is 6.10 Å². The lowest BCUT2D eigenvalue weighted by Crippen LogP contribution is -2.55. The average molecular weight is 396 g/mol. The summed E-state index contributed by atoms with van der Waals surface area (Å²) in [6, 6.07) is 7.72. The van der Waals surface area contributed by atoms with E-state index in [0.29, 0.717) is 43.7 Å². The van der Waals surface area contributed by atoms with E-state index >= 15 is 0 Å². The third-order valence-corrected chi connectivity index (χ3v) is 5.48. The van der Waals surface area contributed by atoms with Crippen molar-refractivity contribution in [1.29, 1.82) is 0 Å². The van der Waals surface area contributed by atoms with Crippen molar-refractivity contribution < 1.29 is 14.3 Å². The fourth-order valence-corrected chi connectivity index (χ4v) is 3.76. The van der Waals surface area contributed by atoms with Crippen LogP contribution < -0.4 is 15.0 Å². The van der Waals surface area contributed by atoms with E-state index in [1.54, 1.807) is 0 Å². The fourth-order valence-electron chi connectivity index (χ4n) is 3.05. The zero-order valence-corrected chi connectivity index (χ0v) is 16.6. The maximum absolute atomic E-state index is 12.9. The molecule has 8 heteroatoms. The van der Waals surface area contributed by atoms with Crippen molar-refractivity contribution in [2.45, 2.75) is 12.5 Å². The highest BCUT2D eigenvalue weighted by Crippen LogP contribution is 2.33. The van der Waals surface area contributed by atoms with Crippen LogP contribution in [0.1, 0.15) is 6.42 Å². The van der Waals surface area contributed by atoms with Gasteiger partial charge in [-0.15, -0.1) is 0 Å². The van der Waals surface area contributed by atoms with E-state index in [2.05, 4.69) is 11.6 Å². The lowest BCUT2D eigenvalue weighted by Gasteiger charge is -2.38. The average Bonchev–Trinajstić information content (AvgIpc) is 2.70. The molecule has 1 aromatic rings. The van der Waals surface area contributed by atoms with Crippen LogP contribution in [0.25, 0.3) is 0 Å². The molecule has 3 rings (SSSR count). The highest BCUT2D eigenvalue weighted by atomic mass is 32.2. The molecule has 0 aromatic heterocycles. The number of hydrogen-bond acceptors (Lipinski definition) is 5. The van der Waals surface area contributed by atoms with Gasteiger partial charge in [0.05, 0.1) is 25.4 Å². The lowest BCUT2D eigenvalue weighted by molar-refractivity contribution is -0.142. The Morgan fingerprint density at radius 3 is 2.88 bits per heavy atom. The first-order chi connectivity index (χ1) is 12.7. The van der Waals surface area contributed by atoms with Gasteiger partial charge in [-0.25, -0.2) is 0 Å². The molecule has 26 heavy (non-hydrogen) atoms. The summed E-state index contributed by atoms with van der Waals surface area (Å²) in [5, 5.41) is 3.95. The van der Waals surface area contributed by atoms with Gasteiger partial charge in [0.15, 0.2) is 11.2 Å². The minimum atomic E-state index is -0.561. The zero-order chi connectivity index (χ0) is 18.4. The van der Waals surface area contributed by atoms with Crippen LogP contribution in [0.2, 0.25) is 0 Å². The molecule has 6 nitrogen and oxygen atoms in total. The van der Waals surface area contributed by atoms with Gasteiger partial charge in [0.2, 0.25) is 0 Å². The summed E-state index contributed by atoms with van der Waals surface area (Å²) in [6.45, 7) is 3.61. The SMILES string of the molecule is CSCCCNC(=S)N1C[C@@H](C(=O)N2CCOCC2)Oc2ccccc21. The largest absolute Gasteiger partial charge is 0.476 e. The van der Waals surface area contributed by atoms with Gasteiger partial charge >= 0.3 is 0 Å². The molecule has 2 aliphatic rings. The van der Waals surface area contributed by atoms with Crippen molar-refractivity contribution in [3.05, 3.63) is 24.3 Å². The number of hydrogen-bond donors (Lipinski definition) is 1. The highest BCUT2D eigenvalue weighted by Gasteiger charge is 2.35. The van der Waals surface area contributed by atoms with Crippen molar-refractivity contribution in [2.75, 3.05) is 56.3 Å². The predicted molar refractivity (Wildman–Crippen MR) is 109 cm³/mol. The summed E-state index contributed by atoms with van der Waals surface area (Å²) in [6.07, 6.45) is 2.58. The highest BCUT2D eigenvalue weighted by molar-refractivity contribution is 7.98. The smallest absolute Gasteiger partial charge is 0.265 e. The molecule has 1 fully saturated rings. The molecular weight excluding hydrogens is 370 g/mol. The Labute approximate surface area is 164 Å². The van der Waals surface area contributed by atoms with Crippen LogP contribution in [0.15, 0.2) is 24.3 Å². The Morgan fingerprint density at radius 2 is 2.12 bits per heavy atom. The van der Waals surface area contributed by atoms with Crippen LogP contribution in [0.3, 0.4) is 0 Å². The molecule has 1 N–H and O–H groups in total. The number of amides is 1. The minimum absolute atomic E-state index is 0.00186. The van der Waals surface area contributed by atoms with Crippen molar-refractivity contribution >= 4 is 40.7 Å². The first-order valence-corrected chi connectivity index (χ1v) is 10.7. The number of thioether (sulfide) groups is 1. The Morgan fingerprint density at radius 1 is 1.35 bits per heavy atom. The molecule has 142 valence electrons. The molecule has 2 aliphatic heterocycles. The number of thiocarbonyl (C=S) groups is 1. The predicted octanol–water partition coefficient (Wildman–Crippen LogP) is 1.74. The lowest BCUT2D eigenvalue weighted by atomic mass is 10.1. The number of morpholine rings is 1. The monoisotopic (exact) mass is 395 g/mol. The number of benzene rings is 1. The maximum Gasteiger partial charge on any atom is 0.265 e. The van der Waals surface area contributed by atoms with Gasteiger partial charge in [-0.1, -0.05) is 12.1 Å². The molecule has 2 heterocycles. The summed E-state index contributed by atoms with van der Waals surface area (Å²) in [4.78, 5) is 16.7. The second-order valence-corrected chi connectivity index (χ2v) is 7.57. The van der Waals surface area contributed by atoms with Gasteiger partial charge in [-0.05, 0) is 42.8 Å². The van der Waals surface area contributed by atoms with E-state index in [9.17, 15) is 4.79 Å². The number of rotatable bonds is 5. The van der Waals surface area contributed by atoms with Crippen LogP contribution in [0.5, 0.6) is 5.75 Å². The number of ether oxygens (including phenoxy) is 2. The van der Waals surface area contributed by atoms with Crippen LogP contribution in [-0.2, 0) is 9.53 Å². The summed E-state index contributed by atoms with van der Waals surface area (Å²) < 4.78 is 11.3. The first-order valence-electron chi connectivity index (χ1n) is 8.87. The van der Waals surface area contributed by atoms with Crippen molar-refractivity contribution in [1.82, 2.24) is 10.2 Å². The zero-order valence-electron chi connectivity index (χ0n) is 15.0. The van der Waals surface area contributed by atoms with Crippen LogP contribution in [0.4, 0.5) is 5.69 Å². The van der Waals surface area contributed by atoms with Crippen LogP contribution in [0, 0.1) is 0 Å². The molecule has 0 radical (unpaired) electrons. The van der Waals surface area contributed by atoms with Crippen LogP contribution in [-0.4, -0.2) is 73.4 Å². The summed E-state index contributed by atoms with van der Waals surface area (Å²) >= 11 is 7.42. The molecule has 0 unspecified atom stereocenters. The van der Waals surface area contributed by atoms with Crippen LogP contribution >= 0.6 is 24.0 Å². The number of para-hydroxylation sites is 2. The Bertz CT molecular complexity index is 638. The third-order valence-electron chi connectivity index (χ3n) is 4.42. The fraction of sp³-hybridized carbons (Fsp3) is 0.556. The number of carbonyl (C=O) groups is 1. The second kappa shape index (κ2) is 9.43. The van der Waals surface area contributed by atoms with Crippen molar-refractivity contribution in [3.8, 4) is 5.75 Å². The Hall–Kier alpha value is -1.51. The van der Waals surface area contributed by atoms with E-state index in [0.717, 1.165) is 24.4 Å². The molecule has 1 atom stereocenters. The molecule has 0 saturated carbocycles. The summed E-state index contributed by atoms with van der Waals surface area (Å²) in [5.41, 5.74) is 0.904. The van der Waals surface area contributed by atoms with E-state index in [4.69, 9.17) is 21.7 Å². The quantitative estimate of drug-likeness (QED) is 0.602. The summed E-state index contributed by atoms with van der Waals surface area (Å²) in [5.74, 6) is 1.78. The molecule has 1 amide bonds. The molecular formula is C18H25N3O3S2. The Kier molecular flexibility index (Phi) is 6.99. The maximum atomic E-state index is 12.9. The number of nitrogens with one attached hydrogen (secondary N) is 1. The molecule has 1 aromatic carbocycles. The van der Waals surface area contributed by atoms with Gasteiger partial charge in [-0.3, -0.25) is 4.79 Å². The van der Waals surface area contributed by atoms with Crippen molar-refractivity contribution in [3.63, 3.8) is 0 Å². The minimum Gasteiger partial charge on any atom is -0.476 e. The molecule has 1 saturated heterocycles. The summed E-state index contributed by atoms with van der Waals surface area (Å²) in [7, 11) is 0. The Balaban J connectivity index is 1.71. The second-order valence-electron chi connectivity index (χ2n) is 6.20. The van der Waals surface area contributed by atoms with Gasteiger partial charge in [-0.2, -0.15) is 11.8 Å². The number of nitrogens with zero attached hydrogens (tertiary/aromatic N) is 2. The van der Waals surface area contributed by atoms with Gasteiger partial charge in [0, 0.05) is 19.6 Å². The van der Waals surface area contributed by atoms with Gasteiger partial charge in [0.25, 0.3) is 5.91 Å². The van der Waals surface area contributed by atoms with E-state index in [-0.39, 0.29) is 5.91 Å². The first kappa shape index (κ1) is 19.3. The molecule has 0 aliphatic carbocycles. The number of anilines is 1. The van der Waals surface area contributed by atoms with Gasteiger partial charge in [0.1, 0.15) is 5.75 Å². The normalized spacial score (nSPS) is 19.5. The standard InChI is InChI=1S/C18H25N3O3S2/c1-26-12-4-7-19-18(25)21-13-16(17(22)20-8-10-23-11-9-20)24-15-6-3-2-5-14(15)21/h2-3,5-6,16H,4,7-13H2,1H3,(H,19,25)/t16-/m0/s1. The van der Waals surface area contributed by atoms with Gasteiger partial charge < -0.3 is 24.6 Å². The number of carbonyl (C=O) groups excluding carboxylic acids is 1.